The smallest absolute Gasteiger partial charge is 0.243 e. The summed E-state index contributed by atoms with van der Waals surface area (Å²) in [7, 11) is -3.62. The highest BCUT2D eigenvalue weighted by Gasteiger charge is 2.32. The number of likely N-dealkylation sites (tertiary alicyclic amines) is 1. The second-order valence-corrected chi connectivity index (χ2v) is 12.8. The van der Waals surface area contributed by atoms with E-state index in [0.717, 1.165) is 19.5 Å². The molecule has 0 saturated carbocycles. The van der Waals surface area contributed by atoms with E-state index in [4.69, 9.17) is 0 Å². The van der Waals surface area contributed by atoms with E-state index in [1.54, 1.807) is 28.6 Å². The molecule has 0 radical (unpaired) electrons. The Hall–Kier alpha value is -2.06. The van der Waals surface area contributed by atoms with Gasteiger partial charge in [0.15, 0.2) is 5.78 Å². The van der Waals surface area contributed by atoms with Crippen molar-refractivity contribution in [1.29, 1.82) is 0 Å². The third-order valence-electron chi connectivity index (χ3n) is 7.55. The van der Waals surface area contributed by atoms with Crippen LogP contribution in [0, 0.1) is 18.8 Å². The minimum Gasteiger partial charge on any atom is -0.308 e. The number of aryl methyl sites for hydroxylation is 1. The molecule has 0 spiro atoms. The number of nitrogens with one attached hydrogen (secondary N) is 1. The van der Waals surface area contributed by atoms with Gasteiger partial charge in [-0.15, -0.1) is 0 Å². The molecule has 3 atom stereocenters. The summed E-state index contributed by atoms with van der Waals surface area (Å²) in [6.45, 7) is 10.3. The number of sulfonamides is 1. The summed E-state index contributed by atoms with van der Waals surface area (Å²) in [5, 5.41) is 3.38. The van der Waals surface area contributed by atoms with Crippen molar-refractivity contribution in [3.05, 3.63) is 65.2 Å². The van der Waals surface area contributed by atoms with E-state index in [9.17, 15) is 13.2 Å². The van der Waals surface area contributed by atoms with Crippen molar-refractivity contribution in [3.8, 4) is 0 Å². The van der Waals surface area contributed by atoms with Crippen molar-refractivity contribution >= 4 is 15.8 Å². The second kappa shape index (κ2) is 12.0. The number of piperidine rings is 2. The summed E-state index contributed by atoms with van der Waals surface area (Å²) in [6, 6.07) is 15.4. The Kier molecular flexibility index (Phi) is 8.99. The van der Waals surface area contributed by atoms with Gasteiger partial charge in [0.25, 0.3) is 0 Å². The highest BCUT2D eigenvalue weighted by Crippen LogP contribution is 2.27. The van der Waals surface area contributed by atoms with E-state index in [1.807, 2.05) is 0 Å². The zero-order chi connectivity index (χ0) is 25.7. The predicted molar refractivity (Wildman–Crippen MR) is 145 cm³/mol. The monoisotopic (exact) mass is 511 g/mol. The summed E-state index contributed by atoms with van der Waals surface area (Å²) in [6.07, 6.45) is 4.73. The van der Waals surface area contributed by atoms with Gasteiger partial charge in [0.1, 0.15) is 0 Å². The first-order valence-corrected chi connectivity index (χ1v) is 14.8. The third kappa shape index (κ3) is 6.62. The Labute approximate surface area is 217 Å². The molecule has 2 aromatic rings. The second-order valence-electron chi connectivity index (χ2n) is 10.9. The minimum atomic E-state index is -3.62. The lowest BCUT2D eigenvalue weighted by atomic mass is 9.94. The van der Waals surface area contributed by atoms with Crippen LogP contribution in [0.2, 0.25) is 0 Å². The van der Waals surface area contributed by atoms with Crippen LogP contribution in [-0.2, 0) is 10.0 Å². The lowest BCUT2D eigenvalue weighted by Gasteiger charge is -2.35. The quantitative estimate of drug-likeness (QED) is 0.496. The highest BCUT2D eigenvalue weighted by atomic mass is 32.2. The van der Waals surface area contributed by atoms with Crippen LogP contribution in [0.4, 0.5) is 0 Å². The summed E-state index contributed by atoms with van der Waals surface area (Å²) >= 11 is 0. The standard InChI is InChI=1S/C29H41N3O3S/c1-22-10-12-25(13-11-22)28(31-14-5-4-6-15-31)18-30-19-29(33)26-8-7-9-27(17-26)36(34,35)32-20-23(2)16-24(3)21-32/h7-13,17,23-24,28,30H,4-6,14-16,18-21H2,1-3H3. The van der Waals surface area contributed by atoms with Crippen LogP contribution in [-0.4, -0.2) is 62.7 Å². The van der Waals surface area contributed by atoms with Crippen molar-refractivity contribution in [2.75, 3.05) is 39.3 Å². The zero-order valence-corrected chi connectivity index (χ0v) is 22.8. The molecule has 2 aliphatic heterocycles. The fourth-order valence-electron chi connectivity index (χ4n) is 5.68. The maximum atomic E-state index is 13.3. The molecule has 0 aromatic heterocycles. The Bertz CT molecular complexity index is 1120. The first-order valence-electron chi connectivity index (χ1n) is 13.4. The molecule has 0 bridgehead atoms. The molecule has 7 heteroatoms. The predicted octanol–water partition coefficient (Wildman–Crippen LogP) is 4.66. The largest absolute Gasteiger partial charge is 0.308 e. The van der Waals surface area contributed by atoms with Gasteiger partial charge in [-0.1, -0.05) is 62.2 Å². The minimum absolute atomic E-state index is 0.0891. The summed E-state index contributed by atoms with van der Waals surface area (Å²) in [4.78, 5) is 15.8. The number of carbonyl (C=O) groups excluding carboxylic acids is 1. The van der Waals surface area contributed by atoms with Crippen LogP contribution < -0.4 is 5.32 Å². The van der Waals surface area contributed by atoms with Crippen LogP contribution >= 0.6 is 0 Å². The summed E-state index contributed by atoms with van der Waals surface area (Å²) in [5.41, 5.74) is 2.94. The molecule has 2 aliphatic rings. The van der Waals surface area contributed by atoms with Crippen LogP contribution in [0.3, 0.4) is 0 Å². The summed E-state index contributed by atoms with van der Waals surface area (Å²) < 4.78 is 28.2. The van der Waals surface area contributed by atoms with Gasteiger partial charge in [-0.2, -0.15) is 4.31 Å². The molecule has 1 N–H and O–H groups in total. The van der Waals surface area contributed by atoms with Gasteiger partial charge >= 0.3 is 0 Å². The maximum absolute atomic E-state index is 13.3. The maximum Gasteiger partial charge on any atom is 0.243 e. The number of benzene rings is 2. The molecular weight excluding hydrogens is 470 g/mol. The number of nitrogens with zero attached hydrogens (tertiary/aromatic N) is 2. The van der Waals surface area contributed by atoms with Gasteiger partial charge in [0, 0.05) is 31.2 Å². The SMILES string of the molecule is Cc1ccc(C(CNCC(=O)c2cccc(S(=O)(=O)N3CC(C)CC(C)C3)c2)N2CCCCC2)cc1. The number of Topliss-reactive ketones (excluding diaryl/α,β-unsaturated/α-hetero) is 1. The van der Waals surface area contributed by atoms with Crippen molar-refractivity contribution in [1.82, 2.24) is 14.5 Å². The number of ketones is 1. The number of hydrogen-bond acceptors (Lipinski definition) is 5. The fourth-order valence-corrected chi connectivity index (χ4v) is 7.41. The molecule has 0 aliphatic carbocycles. The average Bonchev–Trinajstić information content (AvgIpc) is 2.87. The van der Waals surface area contributed by atoms with Crippen LogP contribution in [0.1, 0.15) is 67.1 Å². The first kappa shape index (κ1) is 27.0. The molecule has 3 unspecified atom stereocenters. The Morgan fingerprint density at radius 3 is 2.33 bits per heavy atom. The van der Waals surface area contributed by atoms with E-state index in [2.05, 4.69) is 55.3 Å². The molecule has 2 heterocycles. The van der Waals surface area contributed by atoms with E-state index in [0.29, 0.717) is 37.0 Å². The molecule has 2 saturated heterocycles. The van der Waals surface area contributed by atoms with Crippen molar-refractivity contribution in [3.63, 3.8) is 0 Å². The molecule has 2 fully saturated rings. The molecule has 0 amide bonds. The number of hydrogen-bond donors (Lipinski definition) is 1. The first-order chi connectivity index (χ1) is 17.2. The molecule has 4 rings (SSSR count). The average molecular weight is 512 g/mol. The zero-order valence-electron chi connectivity index (χ0n) is 21.9. The van der Waals surface area contributed by atoms with Gasteiger partial charge < -0.3 is 5.32 Å². The molecule has 196 valence electrons. The Morgan fingerprint density at radius 2 is 1.67 bits per heavy atom. The van der Waals surface area contributed by atoms with Crippen molar-refractivity contribution in [2.24, 2.45) is 11.8 Å². The lowest BCUT2D eigenvalue weighted by Crippen LogP contribution is -2.42. The molecule has 36 heavy (non-hydrogen) atoms. The van der Waals surface area contributed by atoms with Crippen LogP contribution in [0.25, 0.3) is 0 Å². The summed E-state index contributed by atoms with van der Waals surface area (Å²) in [5.74, 6) is 0.576. The fraction of sp³-hybridized carbons (Fsp3) is 0.552. The van der Waals surface area contributed by atoms with Gasteiger partial charge in [0.2, 0.25) is 10.0 Å². The van der Waals surface area contributed by atoms with Crippen molar-refractivity contribution < 1.29 is 13.2 Å². The van der Waals surface area contributed by atoms with Crippen molar-refractivity contribution in [2.45, 2.75) is 57.4 Å². The molecule has 6 nitrogen and oxygen atoms in total. The topological polar surface area (TPSA) is 69.7 Å². The normalized spacial score (nSPS) is 22.9. The van der Waals surface area contributed by atoms with E-state index in [-0.39, 0.29) is 23.3 Å². The van der Waals surface area contributed by atoms with E-state index in [1.165, 1.54) is 30.4 Å². The number of carbonyl (C=O) groups is 1. The van der Waals surface area contributed by atoms with Gasteiger partial charge in [-0.05, 0) is 68.8 Å². The molecular formula is C29H41N3O3S. The Morgan fingerprint density at radius 1 is 1.00 bits per heavy atom. The highest BCUT2D eigenvalue weighted by molar-refractivity contribution is 7.89. The third-order valence-corrected chi connectivity index (χ3v) is 9.37. The molecule has 2 aromatic carbocycles. The Balaban J connectivity index is 1.42. The van der Waals surface area contributed by atoms with Gasteiger partial charge in [0.05, 0.1) is 11.4 Å². The van der Waals surface area contributed by atoms with Crippen LogP contribution in [0.5, 0.6) is 0 Å². The van der Waals surface area contributed by atoms with E-state index < -0.39 is 10.0 Å². The lowest BCUT2D eigenvalue weighted by molar-refractivity contribution is 0.0983. The number of rotatable bonds is 9. The van der Waals surface area contributed by atoms with Gasteiger partial charge in [-0.3, -0.25) is 9.69 Å². The van der Waals surface area contributed by atoms with Gasteiger partial charge in [-0.25, -0.2) is 8.42 Å². The van der Waals surface area contributed by atoms with Crippen LogP contribution in [0.15, 0.2) is 53.4 Å². The van der Waals surface area contributed by atoms with E-state index >= 15 is 0 Å².